The molecule has 0 saturated heterocycles. The second-order valence-corrected chi connectivity index (χ2v) is 3.38. The first-order valence-corrected chi connectivity index (χ1v) is 3.84. The van der Waals surface area contributed by atoms with E-state index >= 15 is 0 Å². The average molecular weight is 359 g/mol. The van der Waals surface area contributed by atoms with Crippen LogP contribution in [-0.2, 0) is 25.8 Å². The first kappa shape index (κ1) is 13.5. The van der Waals surface area contributed by atoms with E-state index in [-0.39, 0.29) is 21.1 Å². The zero-order chi connectivity index (χ0) is 7.28. The normalized spacial score (nSPS) is 8.80. The van der Waals surface area contributed by atoms with E-state index in [0.717, 1.165) is 6.42 Å². The maximum absolute atomic E-state index is 4.95. The van der Waals surface area contributed by atoms with Crippen LogP contribution in [0.2, 0.25) is 0 Å². The summed E-state index contributed by atoms with van der Waals surface area (Å²) in [6.45, 7) is 4.98. The van der Waals surface area contributed by atoms with Crippen LogP contribution in [0.3, 0.4) is 0 Å². The molecule has 0 saturated carbocycles. The average Bonchev–Trinajstić information content (AvgIpc) is 1.63. The van der Waals surface area contributed by atoms with Crippen molar-refractivity contribution >= 4 is 29.2 Å². The number of thiol groups is 1. The Bertz CT molecular complexity index is 95.7. The molecule has 0 aliphatic rings. The number of hydrogen-bond acceptors (Lipinski definition) is 2. The summed E-state index contributed by atoms with van der Waals surface area (Å²) < 4.78 is 5.29. The van der Waals surface area contributed by atoms with Crippen LogP contribution in [0.1, 0.15) is 20.3 Å². The number of hydrogen-bond donors (Lipinski definition) is 1. The van der Waals surface area contributed by atoms with Crippen molar-refractivity contribution in [2.75, 3.05) is 6.61 Å². The fraction of sp³-hybridized carbons (Fsp3) is 0.833. The summed E-state index contributed by atoms with van der Waals surface area (Å²) >= 11 is 8.40. The van der Waals surface area contributed by atoms with E-state index in [0.29, 0.717) is 16.9 Å². The molecule has 64 valence electrons. The molecule has 0 amide bonds. The maximum atomic E-state index is 4.95. The standard InChI is InChI=1S/C6H12OS2.Pt/c1-5(2)3-4-7-6(8)9;/h5H,3-4H2,1-2H3,(H,8,9);. The van der Waals surface area contributed by atoms with Crippen molar-refractivity contribution in [1.82, 2.24) is 0 Å². The van der Waals surface area contributed by atoms with Gasteiger partial charge in [-0.05, 0) is 24.6 Å². The molecule has 0 atom stereocenters. The SMILES string of the molecule is CC(C)CCOC(=S)S.[Pt]. The molecule has 0 heterocycles. The van der Waals surface area contributed by atoms with E-state index in [9.17, 15) is 0 Å². The van der Waals surface area contributed by atoms with Crippen LogP contribution in [-0.4, -0.2) is 11.0 Å². The molecule has 0 aliphatic heterocycles. The fourth-order valence-electron chi connectivity index (χ4n) is 0.382. The molecule has 0 rings (SSSR count). The Morgan fingerprint density at radius 3 is 2.40 bits per heavy atom. The van der Waals surface area contributed by atoms with Gasteiger partial charge in [-0.25, -0.2) is 0 Å². The minimum absolute atomic E-state index is 0. The monoisotopic (exact) mass is 359 g/mol. The second kappa shape index (κ2) is 8.03. The molecule has 1 nitrogen and oxygen atoms in total. The molecule has 10 heavy (non-hydrogen) atoms. The van der Waals surface area contributed by atoms with Gasteiger partial charge in [0.15, 0.2) is 0 Å². The molecule has 0 unspecified atom stereocenters. The third-order valence-corrected chi connectivity index (χ3v) is 1.17. The van der Waals surface area contributed by atoms with Gasteiger partial charge in [-0.3, -0.25) is 0 Å². The summed E-state index contributed by atoms with van der Waals surface area (Å²) in [4.78, 5) is 0. The summed E-state index contributed by atoms with van der Waals surface area (Å²) in [6, 6.07) is 0. The quantitative estimate of drug-likeness (QED) is 0.612. The maximum Gasteiger partial charge on any atom is 0.216 e. The van der Waals surface area contributed by atoms with E-state index < -0.39 is 0 Å². The Kier molecular flexibility index (Phi) is 10.8. The van der Waals surface area contributed by atoms with E-state index in [2.05, 4.69) is 38.7 Å². The van der Waals surface area contributed by atoms with Crippen molar-refractivity contribution < 1.29 is 25.8 Å². The Morgan fingerprint density at radius 2 is 2.10 bits per heavy atom. The Morgan fingerprint density at radius 1 is 1.60 bits per heavy atom. The first-order chi connectivity index (χ1) is 4.13. The molecule has 0 N–H and O–H groups in total. The van der Waals surface area contributed by atoms with Crippen LogP contribution in [0.5, 0.6) is 0 Å². The molecular formula is C6H12OPtS2. The summed E-state index contributed by atoms with van der Waals surface area (Å²) in [5.41, 5.74) is 0. The van der Waals surface area contributed by atoms with E-state index in [1.54, 1.807) is 0 Å². The minimum atomic E-state index is 0. The van der Waals surface area contributed by atoms with Gasteiger partial charge in [0.2, 0.25) is 4.38 Å². The van der Waals surface area contributed by atoms with Gasteiger partial charge < -0.3 is 4.74 Å². The smallest absolute Gasteiger partial charge is 0.216 e. The largest absolute Gasteiger partial charge is 0.479 e. The van der Waals surface area contributed by atoms with Crippen LogP contribution in [0.15, 0.2) is 0 Å². The first-order valence-electron chi connectivity index (χ1n) is 2.98. The Balaban J connectivity index is 0. The van der Waals surface area contributed by atoms with Crippen LogP contribution >= 0.6 is 24.8 Å². The van der Waals surface area contributed by atoms with Crippen molar-refractivity contribution in [2.24, 2.45) is 5.92 Å². The summed E-state index contributed by atoms with van der Waals surface area (Å²) in [6.07, 6.45) is 1.04. The predicted octanol–water partition coefficient (Wildman–Crippen LogP) is 2.26. The number of rotatable bonds is 3. The van der Waals surface area contributed by atoms with Gasteiger partial charge in [0.25, 0.3) is 0 Å². The minimum Gasteiger partial charge on any atom is -0.479 e. The molecule has 0 aromatic carbocycles. The van der Waals surface area contributed by atoms with Crippen LogP contribution < -0.4 is 0 Å². The molecule has 0 fully saturated rings. The number of thiocarbonyl (C=S) groups is 1. The van der Waals surface area contributed by atoms with E-state index in [1.165, 1.54) is 0 Å². The van der Waals surface area contributed by atoms with E-state index in [1.807, 2.05) is 0 Å². The third-order valence-electron chi connectivity index (χ3n) is 0.921. The summed E-state index contributed by atoms with van der Waals surface area (Å²) in [5.74, 6) is 0.674. The van der Waals surface area contributed by atoms with Crippen molar-refractivity contribution in [2.45, 2.75) is 20.3 Å². The fourth-order valence-corrected chi connectivity index (χ4v) is 0.557. The molecular weight excluding hydrogens is 347 g/mol. The molecule has 0 aromatic heterocycles. The van der Waals surface area contributed by atoms with Gasteiger partial charge in [0.1, 0.15) is 0 Å². The van der Waals surface area contributed by atoms with Gasteiger partial charge in [-0.15, -0.1) is 0 Å². The van der Waals surface area contributed by atoms with Gasteiger partial charge in [0.05, 0.1) is 6.61 Å². The molecule has 0 aromatic rings. The topological polar surface area (TPSA) is 9.23 Å². The zero-order valence-corrected chi connectivity index (χ0v) is 10.1. The third kappa shape index (κ3) is 11.7. The number of ether oxygens (including phenoxy) is 1. The molecule has 0 radical (unpaired) electrons. The van der Waals surface area contributed by atoms with Crippen molar-refractivity contribution in [3.63, 3.8) is 0 Å². The summed E-state index contributed by atoms with van der Waals surface area (Å²) in [5, 5.41) is 0. The van der Waals surface area contributed by atoms with Gasteiger partial charge >= 0.3 is 0 Å². The Hall–Kier alpha value is 0.928. The molecule has 0 aliphatic carbocycles. The zero-order valence-electron chi connectivity index (χ0n) is 6.07. The van der Waals surface area contributed by atoms with Gasteiger partial charge in [-0.1, -0.05) is 26.5 Å². The predicted molar refractivity (Wildman–Crippen MR) is 47.0 cm³/mol. The van der Waals surface area contributed by atoms with Gasteiger partial charge in [-0.2, -0.15) is 0 Å². The van der Waals surface area contributed by atoms with Crippen molar-refractivity contribution in [1.29, 1.82) is 0 Å². The van der Waals surface area contributed by atoms with Gasteiger partial charge in [0, 0.05) is 21.1 Å². The van der Waals surface area contributed by atoms with Crippen molar-refractivity contribution in [3.8, 4) is 0 Å². The summed E-state index contributed by atoms with van der Waals surface area (Å²) in [7, 11) is 0. The van der Waals surface area contributed by atoms with Crippen LogP contribution in [0, 0.1) is 5.92 Å². The molecule has 0 spiro atoms. The Labute approximate surface area is 87.6 Å². The molecule has 0 bridgehead atoms. The van der Waals surface area contributed by atoms with E-state index in [4.69, 9.17) is 4.74 Å². The molecule has 4 heteroatoms. The van der Waals surface area contributed by atoms with Crippen molar-refractivity contribution in [3.05, 3.63) is 0 Å². The van der Waals surface area contributed by atoms with Crippen LogP contribution in [0.4, 0.5) is 0 Å². The second-order valence-electron chi connectivity index (χ2n) is 2.30. The van der Waals surface area contributed by atoms with Crippen LogP contribution in [0.25, 0.3) is 0 Å².